The standard InChI is InChI=1S/C17H31N5O7S/c1-3-8(2)13(22-14(25)9(18)4-5-12(19)24)16(27)20-10(6-23)15(26)21-11(7-30)17(28)29/h8-11,13,23,30H,3-7,18H2,1-2H3,(H2,19,24)(H,20,27)(H,21,26)(H,22,25)(H,28,29). The number of hydrogen-bond acceptors (Lipinski definition) is 8. The van der Waals surface area contributed by atoms with E-state index in [2.05, 4.69) is 28.6 Å². The summed E-state index contributed by atoms with van der Waals surface area (Å²) >= 11 is 3.82. The molecule has 0 aromatic rings. The largest absolute Gasteiger partial charge is 0.480 e. The molecule has 0 aromatic heterocycles. The van der Waals surface area contributed by atoms with Gasteiger partial charge in [0.25, 0.3) is 0 Å². The first-order valence-electron chi connectivity index (χ1n) is 9.37. The second-order valence-electron chi connectivity index (χ2n) is 6.81. The maximum atomic E-state index is 12.7. The van der Waals surface area contributed by atoms with Crippen molar-refractivity contribution in [1.29, 1.82) is 0 Å². The number of aliphatic carboxylic acids is 1. The summed E-state index contributed by atoms with van der Waals surface area (Å²) < 4.78 is 0. The Morgan fingerprint density at radius 3 is 2.00 bits per heavy atom. The highest BCUT2D eigenvalue weighted by molar-refractivity contribution is 7.80. The van der Waals surface area contributed by atoms with E-state index in [1.54, 1.807) is 13.8 Å². The minimum atomic E-state index is -1.44. The molecule has 0 rings (SSSR count). The van der Waals surface area contributed by atoms with Crippen molar-refractivity contribution < 1.29 is 34.2 Å². The molecule has 0 aliphatic rings. The van der Waals surface area contributed by atoms with Gasteiger partial charge in [-0.25, -0.2) is 4.79 Å². The smallest absolute Gasteiger partial charge is 0.327 e. The van der Waals surface area contributed by atoms with Crippen molar-refractivity contribution in [2.24, 2.45) is 17.4 Å². The third kappa shape index (κ3) is 9.41. The summed E-state index contributed by atoms with van der Waals surface area (Å²) in [5, 5.41) is 25.4. The molecule has 0 bridgehead atoms. The summed E-state index contributed by atoms with van der Waals surface area (Å²) in [6, 6.07) is -4.89. The van der Waals surface area contributed by atoms with Gasteiger partial charge >= 0.3 is 5.97 Å². The Balaban J connectivity index is 5.19. The SMILES string of the molecule is CCC(C)C(NC(=O)C(N)CCC(N)=O)C(=O)NC(CO)C(=O)NC(CS)C(=O)O. The fourth-order valence-electron chi connectivity index (χ4n) is 2.30. The number of rotatable bonds is 14. The van der Waals surface area contributed by atoms with Crippen LogP contribution in [0.5, 0.6) is 0 Å². The van der Waals surface area contributed by atoms with Gasteiger partial charge in [0.2, 0.25) is 23.6 Å². The number of hydrogen-bond donors (Lipinski definition) is 8. The van der Waals surface area contributed by atoms with E-state index >= 15 is 0 Å². The van der Waals surface area contributed by atoms with E-state index < -0.39 is 60.4 Å². The van der Waals surface area contributed by atoms with Crippen LogP contribution in [0.1, 0.15) is 33.1 Å². The molecule has 172 valence electrons. The first-order chi connectivity index (χ1) is 14.0. The van der Waals surface area contributed by atoms with E-state index in [1.165, 1.54) is 0 Å². The van der Waals surface area contributed by atoms with Crippen molar-refractivity contribution in [2.75, 3.05) is 12.4 Å². The molecule has 13 heteroatoms. The highest BCUT2D eigenvalue weighted by Crippen LogP contribution is 2.09. The highest BCUT2D eigenvalue weighted by atomic mass is 32.1. The Labute approximate surface area is 179 Å². The highest BCUT2D eigenvalue weighted by Gasteiger charge is 2.32. The number of nitrogens with one attached hydrogen (secondary N) is 3. The van der Waals surface area contributed by atoms with Crippen LogP contribution in [0.15, 0.2) is 0 Å². The molecular weight excluding hydrogens is 418 g/mol. The average molecular weight is 450 g/mol. The molecule has 0 aliphatic carbocycles. The Bertz CT molecular complexity index is 634. The minimum absolute atomic E-state index is 0.00200. The van der Waals surface area contributed by atoms with E-state index in [1.807, 2.05) is 0 Å². The monoisotopic (exact) mass is 449 g/mol. The molecule has 0 spiro atoms. The van der Waals surface area contributed by atoms with Crippen LogP contribution in [0, 0.1) is 5.92 Å². The van der Waals surface area contributed by atoms with Gasteiger partial charge in [-0.2, -0.15) is 12.6 Å². The number of carbonyl (C=O) groups is 5. The number of amides is 4. The van der Waals surface area contributed by atoms with Gasteiger partial charge in [-0.05, 0) is 12.3 Å². The van der Waals surface area contributed by atoms with Gasteiger partial charge in [0, 0.05) is 12.2 Å². The number of nitrogens with two attached hydrogens (primary N) is 2. The summed E-state index contributed by atoms with van der Waals surface area (Å²) in [6.07, 6.45) is 0.390. The van der Waals surface area contributed by atoms with Crippen molar-refractivity contribution >= 4 is 42.2 Å². The maximum absolute atomic E-state index is 12.7. The molecule has 30 heavy (non-hydrogen) atoms. The third-order valence-corrected chi connectivity index (χ3v) is 4.81. The molecule has 0 aromatic carbocycles. The van der Waals surface area contributed by atoms with Crippen molar-refractivity contribution in [1.82, 2.24) is 16.0 Å². The molecule has 12 nitrogen and oxygen atoms in total. The van der Waals surface area contributed by atoms with E-state index in [4.69, 9.17) is 16.6 Å². The molecule has 0 heterocycles. The van der Waals surface area contributed by atoms with Crippen LogP contribution in [0.3, 0.4) is 0 Å². The zero-order chi connectivity index (χ0) is 23.4. The van der Waals surface area contributed by atoms with Crippen LogP contribution < -0.4 is 27.4 Å². The lowest BCUT2D eigenvalue weighted by Gasteiger charge is -2.27. The van der Waals surface area contributed by atoms with Gasteiger partial charge in [-0.1, -0.05) is 20.3 Å². The lowest BCUT2D eigenvalue weighted by molar-refractivity contribution is -0.142. The van der Waals surface area contributed by atoms with Crippen LogP contribution in [0.2, 0.25) is 0 Å². The van der Waals surface area contributed by atoms with Gasteiger partial charge in [-0.3, -0.25) is 19.2 Å². The van der Waals surface area contributed by atoms with Gasteiger partial charge in [0.05, 0.1) is 12.6 Å². The number of carboxylic acid groups (broad SMARTS) is 1. The number of carboxylic acids is 1. The summed E-state index contributed by atoms with van der Waals surface area (Å²) in [4.78, 5) is 59.0. The summed E-state index contributed by atoms with van der Waals surface area (Å²) in [6.45, 7) is 2.68. The number of carbonyl (C=O) groups excluding carboxylic acids is 4. The zero-order valence-electron chi connectivity index (χ0n) is 17.0. The van der Waals surface area contributed by atoms with Crippen LogP contribution in [-0.2, 0) is 24.0 Å². The number of aliphatic hydroxyl groups excluding tert-OH is 1. The second-order valence-corrected chi connectivity index (χ2v) is 7.17. The molecule has 0 fully saturated rings. The number of thiol groups is 1. The lowest BCUT2D eigenvalue weighted by Crippen LogP contribution is -2.59. The fourth-order valence-corrected chi connectivity index (χ4v) is 2.55. The maximum Gasteiger partial charge on any atom is 0.327 e. The fraction of sp³-hybridized carbons (Fsp3) is 0.706. The molecule has 0 aliphatic heterocycles. The Hall–Kier alpha value is -2.38. The predicted molar refractivity (Wildman–Crippen MR) is 110 cm³/mol. The van der Waals surface area contributed by atoms with E-state index in [0.29, 0.717) is 6.42 Å². The Morgan fingerprint density at radius 1 is 1.00 bits per heavy atom. The molecule has 9 N–H and O–H groups in total. The van der Waals surface area contributed by atoms with Crippen LogP contribution in [0.4, 0.5) is 0 Å². The molecule has 4 amide bonds. The third-order valence-electron chi connectivity index (χ3n) is 4.44. The topological polar surface area (TPSA) is 214 Å². The first-order valence-corrected chi connectivity index (χ1v) is 10.0. The Kier molecular flexibility index (Phi) is 12.7. The molecule has 0 radical (unpaired) electrons. The first kappa shape index (κ1) is 27.6. The van der Waals surface area contributed by atoms with Gasteiger partial charge in [0.1, 0.15) is 18.1 Å². The summed E-state index contributed by atoms with van der Waals surface area (Å²) in [5.74, 6) is -4.84. The lowest BCUT2D eigenvalue weighted by atomic mass is 9.97. The van der Waals surface area contributed by atoms with Crippen molar-refractivity contribution in [3.8, 4) is 0 Å². The van der Waals surface area contributed by atoms with Crippen molar-refractivity contribution in [3.63, 3.8) is 0 Å². The minimum Gasteiger partial charge on any atom is -0.480 e. The van der Waals surface area contributed by atoms with Crippen molar-refractivity contribution in [3.05, 3.63) is 0 Å². The normalized spacial score (nSPS) is 15.8. The van der Waals surface area contributed by atoms with Crippen LogP contribution in [0.25, 0.3) is 0 Å². The number of primary amides is 1. The summed E-state index contributed by atoms with van der Waals surface area (Å²) in [7, 11) is 0. The average Bonchev–Trinajstić information content (AvgIpc) is 2.70. The van der Waals surface area contributed by atoms with E-state index in [9.17, 15) is 29.1 Å². The van der Waals surface area contributed by atoms with Crippen LogP contribution in [-0.4, -0.2) is 76.3 Å². The molecule has 0 saturated heterocycles. The van der Waals surface area contributed by atoms with E-state index in [-0.39, 0.29) is 24.5 Å². The number of aliphatic hydroxyl groups is 1. The zero-order valence-corrected chi connectivity index (χ0v) is 17.9. The Morgan fingerprint density at radius 2 is 1.57 bits per heavy atom. The summed E-state index contributed by atoms with van der Waals surface area (Å²) in [5.41, 5.74) is 10.7. The van der Waals surface area contributed by atoms with Crippen molar-refractivity contribution in [2.45, 2.75) is 57.3 Å². The van der Waals surface area contributed by atoms with Crippen LogP contribution >= 0.6 is 12.6 Å². The predicted octanol–water partition coefficient (Wildman–Crippen LogP) is -2.91. The van der Waals surface area contributed by atoms with Gasteiger partial charge in [0.15, 0.2) is 0 Å². The van der Waals surface area contributed by atoms with Gasteiger partial charge < -0.3 is 37.6 Å². The van der Waals surface area contributed by atoms with Gasteiger partial charge in [-0.15, -0.1) is 0 Å². The molecule has 5 atom stereocenters. The molecular formula is C17H31N5O7S. The second kappa shape index (κ2) is 13.8. The quantitative estimate of drug-likeness (QED) is 0.128. The molecule has 0 saturated carbocycles. The molecule has 5 unspecified atom stereocenters. The van der Waals surface area contributed by atoms with E-state index in [0.717, 1.165) is 0 Å².